The van der Waals surface area contributed by atoms with Crippen molar-refractivity contribution in [2.45, 2.75) is 52.3 Å². The van der Waals surface area contributed by atoms with E-state index in [1.807, 2.05) is 17.6 Å². The van der Waals surface area contributed by atoms with Crippen molar-refractivity contribution in [3.8, 4) is 5.88 Å². The summed E-state index contributed by atoms with van der Waals surface area (Å²) < 4.78 is 40.6. The second-order valence-electron chi connectivity index (χ2n) is 9.36. The van der Waals surface area contributed by atoms with Crippen molar-refractivity contribution in [1.29, 1.82) is 0 Å². The van der Waals surface area contributed by atoms with Gasteiger partial charge in [0.05, 0.1) is 34.4 Å². The van der Waals surface area contributed by atoms with E-state index < -0.39 is 21.0 Å². The molecule has 3 heterocycles. The number of ether oxygens (including phenoxy) is 2. The van der Waals surface area contributed by atoms with Crippen molar-refractivity contribution in [2.75, 3.05) is 18.5 Å². The number of alkyl halides is 2. The van der Waals surface area contributed by atoms with Gasteiger partial charge in [0, 0.05) is 26.3 Å². The average molecular weight is 523 g/mol. The van der Waals surface area contributed by atoms with Gasteiger partial charge in [-0.05, 0) is 25.1 Å². The van der Waals surface area contributed by atoms with Gasteiger partial charge in [0.1, 0.15) is 13.3 Å². The molecule has 0 saturated carbocycles. The zero-order valence-electron chi connectivity index (χ0n) is 20.2. The van der Waals surface area contributed by atoms with Crippen LogP contribution in [-0.4, -0.2) is 52.0 Å². The van der Waals surface area contributed by atoms with Gasteiger partial charge in [0.15, 0.2) is 5.65 Å². The summed E-state index contributed by atoms with van der Waals surface area (Å²) in [4.78, 5) is 9.21. The first-order valence-electron chi connectivity index (χ1n) is 11.4. The van der Waals surface area contributed by atoms with Gasteiger partial charge in [-0.3, -0.25) is 4.68 Å². The first-order chi connectivity index (χ1) is 16.7. The van der Waals surface area contributed by atoms with Crippen molar-refractivity contribution in [3.63, 3.8) is 0 Å². The maximum Gasteiger partial charge on any atom is 0.257 e. The second-order valence-corrected chi connectivity index (χ2v) is 15.4. The van der Waals surface area contributed by atoms with Crippen LogP contribution in [-0.2, 0) is 18.0 Å². The van der Waals surface area contributed by atoms with E-state index in [0.29, 0.717) is 58.5 Å². The first kappa shape index (κ1) is 25.3. The molecule has 0 amide bonds. The molecule has 35 heavy (non-hydrogen) atoms. The van der Waals surface area contributed by atoms with Crippen LogP contribution < -0.4 is 10.1 Å². The number of fused-ring (bicyclic) bond motifs is 2. The van der Waals surface area contributed by atoms with E-state index in [1.54, 1.807) is 24.5 Å². The number of aromatic nitrogens is 5. The number of nitrogens with zero attached hydrogens (tertiary/aromatic N) is 5. The predicted molar refractivity (Wildman–Crippen MR) is 137 cm³/mol. The molecule has 0 bridgehead atoms. The van der Waals surface area contributed by atoms with Crippen LogP contribution in [0.2, 0.25) is 30.7 Å². The van der Waals surface area contributed by atoms with Crippen LogP contribution in [0, 0.1) is 0 Å². The standard InChI is InChI=1S/C23H29ClF2N6O2Si/c1-5-34-22-20-16(24)12-31(14-33-9-10-35(2,3)4)21(20)29-23(30-22)28-17-7-6-8-18-15(17)11-27-32(18)13-19(25)26/h6-8,11-12,19H,5,9-10,13-14H2,1-4H3,(H,28,29,30). The van der Waals surface area contributed by atoms with Crippen LogP contribution in [0.15, 0.2) is 30.6 Å². The molecule has 0 aliphatic rings. The molecule has 0 spiro atoms. The molecule has 0 unspecified atom stereocenters. The van der Waals surface area contributed by atoms with E-state index in [9.17, 15) is 8.78 Å². The van der Waals surface area contributed by atoms with Gasteiger partial charge in [0.2, 0.25) is 11.8 Å². The predicted octanol–water partition coefficient (Wildman–Crippen LogP) is 6.15. The monoisotopic (exact) mass is 522 g/mol. The van der Waals surface area contributed by atoms with Crippen LogP contribution in [0.3, 0.4) is 0 Å². The van der Waals surface area contributed by atoms with Crippen LogP contribution in [0.5, 0.6) is 5.88 Å². The van der Waals surface area contributed by atoms with Gasteiger partial charge in [-0.25, -0.2) is 8.78 Å². The highest BCUT2D eigenvalue weighted by atomic mass is 35.5. The summed E-state index contributed by atoms with van der Waals surface area (Å²) in [5.41, 5.74) is 1.80. The molecule has 8 nitrogen and oxygen atoms in total. The highest BCUT2D eigenvalue weighted by Crippen LogP contribution is 2.34. The number of benzene rings is 1. The lowest BCUT2D eigenvalue weighted by Crippen LogP contribution is -2.22. The fourth-order valence-corrected chi connectivity index (χ4v) is 4.69. The van der Waals surface area contributed by atoms with E-state index in [2.05, 4.69) is 40.0 Å². The summed E-state index contributed by atoms with van der Waals surface area (Å²) in [6.07, 6.45) is 0.810. The Hall–Kier alpha value is -2.76. The van der Waals surface area contributed by atoms with Crippen LogP contribution >= 0.6 is 11.6 Å². The third-order valence-electron chi connectivity index (χ3n) is 5.39. The molecule has 0 atom stereocenters. The van der Waals surface area contributed by atoms with E-state index in [-0.39, 0.29) is 5.95 Å². The summed E-state index contributed by atoms with van der Waals surface area (Å²) in [6.45, 7) is 9.64. The van der Waals surface area contributed by atoms with Crippen LogP contribution in [0.25, 0.3) is 21.9 Å². The van der Waals surface area contributed by atoms with Crippen molar-refractivity contribution in [1.82, 2.24) is 24.3 Å². The normalized spacial score (nSPS) is 12.2. The number of nitrogens with one attached hydrogen (secondary N) is 1. The Bertz CT molecular complexity index is 1320. The Balaban J connectivity index is 1.67. The molecule has 3 aromatic heterocycles. The summed E-state index contributed by atoms with van der Waals surface area (Å²) in [7, 11) is -1.21. The van der Waals surface area contributed by atoms with Gasteiger partial charge in [-0.1, -0.05) is 37.3 Å². The molecule has 1 N–H and O–H groups in total. The van der Waals surface area contributed by atoms with Crippen molar-refractivity contribution < 1.29 is 18.3 Å². The van der Waals surface area contributed by atoms with Crippen molar-refractivity contribution >= 4 is 53.2 Å². The third-order valence-corrected chi connectivity index (χ3v) is 7.38. The zero-order chi connectivity index (χ0) is 25.2. The molecule has 4 aromatic rings. The van der Waals surface area contributed by atoms with Crippen molar-refractivity contribution in [3.05, 3.63) is 35.6 Å². The molecule has 0 fully saturated rings. The summed E-state index contributed by atoms with van der Waals surface area (Å²) in [5.74, 6) is 0.639. The molecule has 0 aliphatic heterocycles. The molecule has 0 saturated heterocycles. The SMILES string of the molecule is CCOc1nc(Nc2cccc3c2cnn3CC(F)F)nc2c1c(Cl)cn2COCC[Si](C)(C)C. The molecule has 0 aliphatic carbocycles. The third kappa shape index (κ3) is 5.91. The minimum absolute atomic E-state index is 0.285. The Labute approximate surface area is 208 Å². The highest BCUT2D eigenvalue weighted by molar-refractivity contribution is 6.76. The van der Waals surface area contributed by atoms with Crippen LogP contribution in [0.4, 0.5) is 20.4 Å². The smallest absolute Gasteiger partial charge is 0.257 e. The number of halogens is 3. The maximum absolute atomic E-state index is 12.9. The molecular weight excluding hydrogens is 494 g/mol. The minimum Gasteiger partial charge on any atom is -0.477 e. The van der Waals surface area contributed by atoms with Gasteiger partial charge in [0.25, 0.3) is 6.43 Å². The van der Waals surface area contributed by atoms with E-state index in [0.717, 1.165) is 6.04 Å². The fraction of sp³-hybridized carbons (Fsp3) is 0.435. The minimum atomic E-state index is -2.50. The lowest BCUT2D eigenvalue weighted by molar-refractivity contribution is 0.0899. The summed E-state index contributed by atoms with van der Waals surface area (Å²) in [5, 5.41) is 9.06. The Kier molecular flexibility index (Phi) is 7.58. The van der Waals surface area contributed by atoms with Gasteiger partial charge in [-0.2, -0.15) is 15.1 Å². The molecule has 12 heteroatoms. The molecule has 4 rings (SSSR count). The van der Waals surface area contributed by atoms with E-state index in [1.165, 1.54) is 4.68 Å². The van der Waals surface area contributed by atoms with Crippen molar-refractivity contribution in [2.24, 2.45) is 0 Å². The zero-order valence-corrected chi connectivity index (χ0v) is 21.9. The number of rotatable bonds is 11. The lowest BCUT2D eigenvalue weighted by atomic mass is 10.2. The van der Waals surface area contributed by atoms with E-state index in [4.69, 9.17) is 21.1 Å². The average Bonchev–Trinajstić information content (AvgIpc) is 3.32. The number of hydrogen-bond donors (Lipinski definition) is 1. The second kappa shape index (κ2) is 10.5. The van der Waals surface area contributed by atoms with Gasteiger partial charge in [-0.15, -0.1) is 0 Å². The maximum atomic E-state index is 12.9. The Morgan fingerprint density at radius 1 is 1.20 bits per heavy atom. The molecule has 0 radical (unpaired) electrons. The fourth-order valence-electron chi connectivity index (χ4n) is 3.65. The number of anilines is 2. The summed E-state index contributed by atoms with van der Waals surface area (Å²) >= 11 is 6.52. The molecule has 188 valence electrons. The molecular formula is C23H29ClF2N6O2Si. The number of hydrogen-bond acceptors (Lipinski definition) is 6. The van der Waals surface area contributed by atoms with E-state index >= 15 is 0 Å². The lowest BCUT2D eigenvalue weighted by Gasteiger charge is -2.16. The van der Waals surface area contributed by atoms with Gasteiger partial charge >= 0.3 is 0 Å². The Morgan fingerprint density at radius 2 is 2.00 bits per heavy atom. The Morgan fingerprint density at radius 3 is 2.71 bits per heavy atom. The summed E-state index contributed by atoms with van der Waals surface area (Å²) in [6, 6.07) is 6.38. The topological polar surface area (TPSA) is 79.0 Å². The van der Waals surface area contributed by atoms with Gasteiger partial charge < -0.3 is 19.4 Å². The quantitative estimate of drug-likeness (QED) is 0.188. The first-order valence-corrected chi connectivity index (χ1v) is 15.5. The molecule has 1 aromatic carbocycles. The largest absolute Gasteiger partial charge is 0.477 e. The highest BCUT2D eigenvalue weighted by Gasteiger charge is 2.19. The van der Waals surface area contributed by atoms with Crippen LogP contribution in [0.1, 0.15) is 6.92 Å².